The van der Waals surface area contributed by atoms with Crippen LogP contribution in [0.3, 0.4) is 0 Å². The fourth-order valence-electron chi connectivity index (χ4n) is 1.96. The molecule has 2 aromatic carbocycles. The zero-order valence-electron chi connectivity index (χ0n) is 11.1. The van der Waals surface area contributed by atoms with Gasteiger partial charge in [0.1, 0.15) is 0 Å². The van der Waals surface area contributed by atoms with Crippen molar-refractivity contribution in [2.45, 2.75) is 13.0 Å². The van der Waals surface area contributed by atoms with Gasteiger partial charge in [-0.1, -0.05) is 54.1 Å². The van der Waals surface area contributed by atoms with Crippen LogP contribution in [0.1, 0.15) is 12.0 Å². The van der Waals surface area contributed by atoms with Crippen LogP contribution in [-0.2, 0) is 11.3 Å². The number of nitrogens with two attached hydrogens (primary N) is 1. The monoisotopic (exact) mass is 288 g/mol. The van der Waals surface area contributed by atoms with Crippen molar-refractivity contribution >= 4 is 17.5 Å². The lowest BCUT2D eigenvalue weighted by atomic mass is 10.0. The number of primary amides is 1. The van der Waals surface area contributed by atoms with Crippen LogP contribution in [0.5, 0.6) is 0 Å². The first-order valence-electron chi connectivity index (χ1n) is 6.49. The average molecular weight is 289 g/mol. The molecule has 0 radical (unpaired) electrons. The fourth-order valence-corrected chi connectivity index (χ4v) is 2.28. The zero-order chi connectivity index (χ0) is 14.4. The van der Waals surface area contributed by atoms with Crippen molar-refractivity contribution in [1.82, 2.24) is 5.32 Å². The molecule has 4 heteroatoms. The van der Waals surface area contributed by atoms with Crippen molar-refractivity contribution in [1.29, 1.82) is 0 Å². The van der Waals surface area contributed by atoms with E-state index < -0.39 is 0 Å². The largest absolute Gasteiger partial charge is 0.370 e. The van der Waals surface area contributed by atoms with E-state index in [1.165, 1.54) is 0 Å². The molecule has 2 rings (SSSR count). The van der Waals surface area contributed by atoms with Crippen molar-refractivity contribution in [3.05, 3.63) is 59.1 Å². The number of halogens is 1. The third-order valence-electron chi connectivity index (χ3n) is 3.00. The fraction of sp³-hybridized carbons (Fsp3) is 0.188. The van der Waals surface area contributed by atoms with Crippen LogP contribution in [0.2, 0.25) is 5.02 Å². The van der Waals surface area contributed by atoms with Crippen LogP contribution < -0.4 is 11.1 Å². The highest BCUT2D eigenvalue weighted by Gasteiger charge is 2.04. The molecule has 2 aromatic rings. The number of hydrogen-bond acceptors (Lipinski definition) is 2. The van der Waals surface area contributed by atoms with E-state index >= 15 is 0 Å². The van der Waals surface area contributed by atoms with Crippen LogP contribution >= 0.6 is 11.6 Å². The Morgan fingerprint density at radius 1 is 1.15 bits per heavy atom. The standard InChI is InChI=1S/C16H17ClN2O/c17-15-10-12(11-19-9-8-16(18)20)6-7-14(15)13-4-2-1-3-5-13/h1-7,10,19H,8-9,11H2,(H2,18,20). The smallest absolute Gasteiger partial charge is 0.218 e. The van der Waals surface area contributed by atoms with Gasteiger partial charge in [-0.3, -0.25) is 4.79 Å². The molecular formula is C16H17ClN2O. The third kappa shape index (κ3) is 4.08. The Morgan fingerprint density at radius 3 is 2.55 bits per heavy atom. The summed E-state index contributed by atoms with van der Waals surface area (Å²) in [6.45, 7) is 1.25. The highest BCUT2D eigenvalue weighted by atomic mass is 35.5. The number of carbonyl (C=O) groups is 1. The molecule has 0 aliphatic carbocycles. The molecule has 3 N–H and O–H groups in total. The van der Waals surface area contributed by atoms with Gasteiger partial charge < -0.3 is 11.1 Å². The molecule has 0 fully saturated rings. The minimum absolute atomic E-state index is 0.296. The number of rotatable bonds is 6. The SMILES string of the molecule is NC(=O)CCNCc1ccc(-c2ccccc2)c(Cl)c1. The second-order valence-corrected chi connectivity index (χ2v) is 4.98. The minimum Gasteiger partial charge on any atom is -0.370 e. The first kappa shape index (κ1) is 14.6. The molecule has 0 saturated heterocycles. The second-order valence-electron chi connectivity index (χ2n) is 4.57. The molecule has 0 saturated carbocycles. The zero-order valence-corrected chi connectivity index (χ0v) is 11.9. The molecule has 20 heavy (non-hydrogen) atoms. The van der Waals surface area contributed by atoms with E-state index in [1.807, 2.05) is 48.5 Å². The molecule has 1 amide bonds. The summed E-state index contributed by atoms with van der Waals surface area (Å²) >= 11 is 6.33. The second kappa shape index (κ2) is 7.08. The van der Waals surface area contributed by atoms with Crippen molar-refractivity contribution in [2.24, 2.45) is 5.73 Å². The van der Waals surface area contributed by atoms with E-state index in [-0.39, 0.29) is 5.91 Å². The Kier molecular flexibility index (Phi) is 5.16. The van der Waals surface area contributed by atoms with Crippen LogP contribution in [0.15, 0.2) is 48.5 Å². The Labute approximate surface area is 123 Å². The van der Waals surface area contributed by atoms with Crippen LogP contribution in [0, 0.1) is 0 Å². The Hall–Kier alpha value is -1.84. The summed E-state index contributed by atoms with van der Waals surface area (Å²) in [5.41, 5.74) is 8.29. The maximum Gasteiger partial charge on any atom is 0.218 e. The molecule has 0 aromatic heterocycles. The molecule has 0 heterocycles. The van der Waals surface area contributed by atoms with Crippen LogP contribution in [0.4, 0.5) is 0 Å². The van der Waals surface area contributed by atoms with Gasteiger partial charge in [-0.15, -0.1) is 0 Å². The molecule has 3 nitrogen and oxygen atoms in total. The van der Waals surface area contributed by atoms with E-state index in [2.05, 4.69) is 5.32 Å². The third-order valence-corrected chi connectivity index (χ3v) is 3.31. The van der Waals surface area contributed by atoms with E-state index in [4.69, 9.17) is 17.3 Å². The molecule has 0 atom stereocenters. The topological polar surface area (TPSA) is 55.1 Å². The Morgan fingerprint density at radius 2 is 1.90 bits per heavy atom. The van der Waals surface area contributed by atoms with Gasteiger partial charge >= 0.3 is 0 Å². The van der Waals surface area contributed by atoms with Crippen molar-refractivity contribution < 1.29 is 4.79 Å². The summed E-state index contributed by atoms with van der Waals surface area (Å²) < 4.78 is 0. The van der Waals surface area contributed by atoms with Gasteiger partial charge in [-0.2, -0.15) is 0 Å². The normalized spacial score (nSPS) is 10.4. The van der Waals surface area contributed by atoms with Gasteiger partial charge in [-0.25, -0.2) is 0 Å². The summed E-state index contributed by atoms with van der Waals surface area (Å²) in [5, 5.41) is 3.89. The summed E-state index contributed by atoms with van der Waals surface area (Å²) in [6.07, 6.45) is 0.343. The maximum absolute atomic E-state index is 10.6. The molecule has 0 aliphatic rings. The van der Waals surface area contributed by atoms with Crippen molar-refractivity contribution in [3.63, 3.8) is 0 Å². The Bertz CT molecular complexity index is 584. The van der Waals surface area contributed by atoms with Gasteiger partial charge in [0.2, 0.25) is 5.91 Å². The number of nitrogens with one attached hydrogen (secondary N) is 1. The minimum atomic E-state index is -0.296. The molecule has 0 aliphatic heterocycles. The highest BCUT2D eigenvalue weighted by molar-refractivity contribution is 6.33. The van der Waals surface area contributed by atoms with Gasteiger partial charge in [0, 0.05) is 30.1 Å². The lowest BCUT2D eigenvalue weighted by molar-refractivity contribution is -0.117. The summed E-state index contributed by atoms with van der Waals surface area (Å²) in [4.78, 5) is 10.6. The lowest BCUT2D eigenvalue weighted by Crippen LogP contribution is -2.21. The molecule has 104 valence electrons. The van der Waals surface area contributed by atoms with Gasteiger partial charge in [0.25, 0.3) is 0 Å². The van der Waals surface area contributed by atoms with E-state index in [0.29, 0.717) is 19.5 Å². The predicted molar refractivity (Wildman–Crippen MR) is 82.4 cm³/mol. The maximum atomic E-state index is 10.6. The number of hydrogen-bond donors (Lipinski definition) is 2. The van der Waals surface area contributed by atoms with Gasteiger partial charge in [0.15, 0.2) is 0 Å². The first-order valence-corrected chi connectivity index (χ1v) is 6.87. The van der Waals surface area contributed by atoms with Gasteiger partial charge in [-0.05, 0) is 17.2 Å². The number of benzene rings is 2. The van der Waals surface area contributed by atoms with Crippen molar-refractivity contribution in [3.8, 4) is 11.1 Å². The summed E-state index contributed by atoms with van der Waals surface area (Å²) in [7, 11) is 0. The predicted octanol–water partition coefficient (Wildman–Crippen LogP) is 2.97. The molecule has 0 spiro atoms. The van der Waals surface area contributed by atoms with E-state index in [9.17, 15) is 4.79 Å². The summed E-state index contributed by atoms with van der Waals surface area (Å²) in [6, 6.07) is 16.0. The van der Waals surface area contributed by atoms with Gasteiger partial charge in [0.05, 0.1) is 0 Å². The van der Waals surface area contributed by atoms with Crippen LogP contribution in [0.25, 0.3) is 11.1 Å². The quantitative estimate of drug-likeness (QED) is 0.803. The number of carbonyl (C=O) groups excluding carboxylic acids is 1. The van der Waals surface area contributed by atoms with E-state index in [1.54, 1.807) is 0 Å². The molecular weight excluding hydrogens is 272 g/mol. The van der Waals surface area contributed by atoms with Crippen molar-refractivity contribution in [2.75, 3.05) is 6.54 Å². The molecule has 0 bridgehead atoms. The summed E-state index contributed by atoms with van der Waals surface area (Å²) in [5.74, 6) is -0.296. The Balaban J connectivity index is 2.01. The number of amides is 1. The lowest BCUT2D eigenvalue weighted by Gasteiger charge is -2.08. The highest BCUT2D eigenvalue weighted by Crippen LogP contribution is 2.28. The van der Waals surface area contributed by atoms with Crippen LogP contribution in [-0.4, -0.2) is 12.5 Å². The average Bonchev–Trinajstić information content (AvgIpc) is 2.44. The van der Waals surface area contributed by atoms with E-state index in [0.717, 1.165) is 21.7 Å². The molecule has 0 unspecified atom stereocenters. The first-order chi connectivity index (χ1) is 9.66.